The highest BCUT2D eigenvalue weighted by atomic mass is 16.6. The largest absolute Gasteiger partial charge is 0.495 e. The lowest BCUT2D eigenvalue weighted by Crippen LogP contribution is -2.26. The number of hydrazine groups is 1. The summed E-state index contributed by atoms with van der Waals surface area (Å²) in [5.41, 5.74) is 4.90. The molecule has 0 saturated carbocycles. The first-order chi connectivity index (χ1) is 15.7. The molecule has 0 unspecified atom stereocenters. The number of hydrogen-bond donors (Lipinski definition) is 2. The summed E-state index contributed by atoms with van der Waals surface area (Å²) >= 11 is 0. The second-order valence-corrected chi connectivity index (χ2v) is 6.62. The zero-order valence-electron chi connectivity index (χ0n) is 17.2. The number of rotatable bonds is 8. The monoisotopic (exact) mass is 428 g/mol. The molecule has 0 spiro atoms. The Morgan fingerprint density at radius 2 is 1.41 bits per heavy atom. The first kappa shape index (κ1) is 20.6. The van der Waals surface area contributed by atoms with E-state index in [9.17, 15) is 10.1 Å². The van der Waals surface area contributed by atoms with Crippen LogP contribution in [0.25, 0.3) is 0 Å². The Morgan fingerprint density at radius 1 is 0.844 bits per heavy atom. The molecule has 9 heteroatoms. The molecule has 0 radical (unpaired) electrons. The molecular weight excluding hydrogens is 408 g/mol. The van der Waals surface area contributed by atoms with Crippen molar-refractivity contribution in [3.63, 3.8) is 0 Å². The molecule has 160 valence electrons. The van der Waals surface area contributed by atoms with Crippen molar-refractivity contribution in [2.45, 2.75) is 0 Å². The lowest BCUT2D eigenvalue weighted by Gasteiger charge is -2.26. The summed E-state index contributed by atoms with van der Waals surface area (Å²) < 4.78 is 5.33. The molecule has 0 atom stereocenters. The molecule has 4 rings (SSSR count). The van der Waals surface area contributed by atoms with Gasteiger partial charge in [0.15, 0.2) is 0 Å². The van der Waals surface area contributed by atoms with Crippen LogP contribution in [0, 0.1) is 10.1 Å². The Morgan fingerprint density at radius 3 is 2.00 bits per heavy atom. The summed E-state index contributed by atoms with van der Waals surface area (Å²) in [5.74, 6) is 0.610. The molecule has 0 aliphatic rings. The zero-order chi connectivity index (χ0) is 22.3. The number of anilines is 5. The van der Waals surface area contributed by atoms with Crippen molar-refractivity contribution in [1.29, 1.82) is 0 Å². The van der Waals surface area contributed by atoms with E-state index in [0.29, 0.717) is 11.4 Å². The molecule has 9 nitrogen and oxygen atoms in total. The Hall–Kier alpha value is -4.66. The van der Waals surface area contributed by atoms with Crippen molar-refractivity contribution in [2.24, 2.45) is 0 Å². The molecule has 0 aliphatic carbocycles. The van der Waals surface area contributed by atoms with E-state index < -0.39 is 4.92 Å². The molecule has 3 aromatic carbocycles. The van der Waals surface area contributed by atoms with E-state index in [1.165, 1.54) is 13.4 Å². The highest BCUT2D eigenvalue weighted by Crippen LogP contribution is 2.36. The van der Waals surface area contributed by atoms with Gasteiger partial charge in [-0.1, -0.05) is 48.5 Å². The molecule has 0 saturated heterocycles. The fourth-order valence-corrected chi connectivity index (χ4v) is 3.14. The fourth-order valence-electron chi connectivity index (χ4n) is 3.14. The van der Waals surface area contributed by atoms with E-state index in [2.05, 4.69) is 20.7 Å². The van der Waals surface area contributed by atoms with Gasteiger partial charge in [0.2, 0.25) is 11.6 Å². The van der Waals surface area contributed by atoms with Crippen LogP contribution in [0.4, 0.5) is 34.4 Å². The minimum absolute atomic E-state index is 0.0371. The molecule has 0 fully saturated rings. The van der Waals surface area contributed by atoms with Gasteiger partial charge in [0.25, 0.3) is 0 Å². The van der Waals surface area contributed by atoms with Crippen LogP contribution in [0.5, 0.6) is 5.75 Å². The number of aromatic nitrogens is 2. The van der Waals surface area contributed by atoms with Gasteiger partial charge in [0, 0.05) is 0 Å². The van der Waals surface area contributed by atoms with Crippen molar-refractivity contribution in [1.82, 2.24) is 9.97 Å². The maximum Gasteiger partial charge on any atom is 0.355 e. The number of benzene rings is 3. The Kier molecular flexibility index (Phi) is 6.08. The Balaban J connectivity index is 1.76. The van der Waals surface area contributed by atoms with Gasteiger partial charge in [-0.25, -0.2) is 9.97 Å². The SMILES string of the molecule is COc1ccccc1Nc1ncnc(NN(c2ccccc2)c2ccccc2)c1[N+](=O)[O-]. The maximum absolute atomic E-state index is 12.0. The quantitative estimate of drug-likeness (QED) is 0.288. The number of hydrogen-bond acceptors (Lipinski definition) is 8. The standard InChI is InChI=1S/C23H20N6O3/c1-32-20-15-9-8-14-19(20)26-22-21(29(30)31)23(25-16-24-22)27-28(17-10-4-2-5-11-17)18-12-6-3-7-13-18/h2-16H,1H3,(H2,24,25,26,27). The van der Waals surface area contributed by atoms with Crippen molar-refractivity contribution in [3.05, 3.63) is 101 Å². The fraction of sp³-hybridized carbons (Fsp3) is 0.0435. The van der Waals surface area contributed by atoms with Gasteiger partial charge in [-0.2, -0.15) is 0 Å². The van der Waals surface area contributed by atoms with Crippen molar-refractivity contribution < 1.29 is 9.66 Å². The van der Waals surface area contributed by atoms with Crippen LogP contribution in [0.2, 0.25) is 0 Å². The Bertz CT molecular complexity index is 1170. The summed E-state index contributed by atoms with van der Waals surface area (Å²) in [6, 6.07) is 26.0. The predicted octanol–water partition coefficient (Wildman–Crippen LogP) is 5.30. The number of methoxy groups -OCH3 is 1. The van der Waals surface area contributed by atoms with Gasteiger partial charge in [-0.05, 0) is 36.4 Å². The third-order valence-electron chi connectivity index (χ3n) is 4.61. The number of nitrogens with zero attached hydrogens (tertiary/aromatic N) is 4. The summed E-state index contributed by atoms with van der Waals surface area (Å²) in [7, 11) is 1.53. The lowest BCUT2D eigenvalue weighted by molar-refractivity contribution is -0.383. The number of nitro groups is 1. The minimum atomic E-state index is -0.520. The average Bonchev–Trinajstić information content (AvgIpc) is 2.84. The van der Waals surface area contributed by atoms with Crippen LogP contribution in [-0.4, -0.2) is 22.0 Å². The first-order valence-electron chi connectivity index (χ1n) is 9.73. The van der Waals surface area contributed by atoms with Gasteiger partial charge in [0.1, 0.15) is 12.1 Å². The van der Waals surface area contributed by atoms with Gasteiger partial charge in [-0.3, -0.25) is 20.5 Å². The van der Waals surface area contributed by atoms with Crippen LogP contribution in [0.3, 0.4) is 0 Å². The van der Waals surface area contributed by atoms with E-state index in [1.807, 2.05) is 66.7 Å². The van der Waals surface area contributed by atoms with E-state index in [0.717, 1.165) is 11.4 Å². The number of nitrogens with one attached hydrogen (secondary N) is 2. The highest BCUT2D eigenvalue weighted by Gasteiger charge is 2.26. The zero-order valence-corrected chi connectivity index (χ0v) is 17.2. The van der Waals surface area contributed by atoms with Gasteiger partial charge < -0.3 is 10.1 Å². The molecule has 0 aliphatic heterocycles. The van der Waals surface area contributed by atoms with Gasteiger partial charge >= 0.3 is 5.69 Å². The maximum atomic E-state index is 12.0. The highest BCUT2D eigenvalue weighted by molar-refractivity contribution is 5.78. The molecule has 0 bridgehead atoms. The third kappa shape index (κ3) is 4.41. The summed E-state index contributed by atoms with van der Waals surface area (Å²) in [6.07, 6.45) is 1.27. The second-order valence-electron chi connectivity index (χ2n) is 6.62. The summed E-state index contributed by atoms with van der Waals surface area (Å²) in [6.45, 7) is 0. The van der Waals surface area contributed by atoms with Crippen LogP contribution in [-0.2, 0) is 0 Å². The van der Waals surface area contributed by atoms with Crippen LogP contribution < -0.4 is 20.5 Å². The second kappa shape index (κ2) is 9.43. The normalized spacial score (nSPS) is 10.3. The van der Waals surface area contributed by atoms with Crippen LogP contribution in [0.15, 0.2) is 91.3 Å². The average molecular weight is 428 g/mol. The summed E-state index contributed by atoms with van der Waals surface area (Å²) in [5, 5.41) is 16.8. The summed E-state index contributed by atoms with van der Waals surface area (Å²) in [4.78, 5) is 19.8. The van der Waals surface area contributed by atoms with Gasteiger partial charge in [-0.15, -0.1) is 0 Å². The van der Waals surface area contributed by atoms with E-state index in [1.54, 1.807) is 23.2 Å². The van der Waals surface area contributed by atoms with E-state index >= 15 is 0 Å². The topological polar surface area (TPSA) is 105 Å². The lowest BCUT2D eigenvalue weighted by atomic mass is 10.2. The van der Waals surface area contributed by atoms with E-state index in [-0.39, 0.29) is 17.3 Å². The number of para-hydroxylation sites is 4. The third-order valence-corrected chi connectivity index (χ3v) is 4.61. The van der Waals surface area contributed by atoms with Crippen LogP contribution in [0.1, 0.15) is 0 Å². The van der Waals surface area contributed by atoms with Crippen molar-refractivity contribution >= 4 is 34.4 Å². The van der Waals surface area contributed by atoms with Gasteiger partial charge in [0.05, 0.1) is 29.1 Å². The van der Waals surface area contributed by atoms with Crippen molar-refractivity contribution in [2.75, 3.05) is 22.9 Å². The molecule has 32 heavy (non-hydrogen) atoms. The Labute approximate surface area is 184 Å². The molecule has 0 amide bonds. The molecule has 1 heterocycles. The van der Waals surface area contributed by atoms with Crippen molar-refractivity contribution in [3.8, 4) is 5.75 Å². The minimum Gasteiger partial charge on any atom is -0.495 e. The van der Waals surface area contributed by atoms with E-state index in [4.69, 9.17) is 4.74 Å². The molecule has 2 N–H and O–H groups in total. The molecule has 1 aromatic heterocycles. The first-order valence-corrected chi connectivity index (χ1v) is 9.73. The van der Waals surface area contributed by atoms with Crippen LogP contribution >= 0.6 is 0 Å². The molecular formula is C23H20N6O3. The molecule has 4 aromatic rings. The smallest absolute Gasteiger partial charge is 0.355 e. The number of ether oxygens (including phenoxy) is 1. The predicted molar refractivity (Wildman–Crippen MR) is 124 cm³/mol.